The van der Waals surface area contributed by atoms with E-state index in [1.807, 2.05) is 6.92 Å². The van der Waals surface area contributed by atoms with E-state index in [9.17, 15) is 9.59 Å². The Morgan fingerprint density at radius 1 is 1.36 bits per heavy atom. The number of pyridine rings is 1. The molecule has 3 aromatic heterocycles. The minimum Gasteiger partial charge on any atom is -0.342 e. The molecular weight excluding hydrogens is 320 g/mol. The Morgan fingerprint density at radius 2 is 2.20 bits per heavy atom. The number of nitrogens with one attached hydrogen (secondary N) is 1. The molecule has 128 valence electrons. The average Bonchev–Trinajstić information content (AvgIpc) is 3.36. The summed E-state index contributed by atoms with van der Waals surface area (Å²) in [6, 6.07) is 5.00. The van der Waals surface area contributed by atoms with E-state index in [0.717, 1.165) is 18.7 Å². The van der Waals surface area contributed by atoms with E-state index in [1.165, 1.54) is 16.9 Å². The molecule has 0 aliphatic heterocycles. The molecule has 0 aromatic carbocycles. The lowest BCUT2D eigenvalue weighted by molar-refractivity contribution is 0.0926. The van der Waals surface area contributed by atoms with E-state index in [-0.39, 0.29) is 17.2 Å². The zero-order valence-electron chi connectivity index (χ0n) is 13.8. The third-order valence-corrected chi connectivity index (χ3v) is 4.46. The first kappa shape index (κ1) is 15.5. The summed E-state index contributed by atoms with van der Waals surface area (Å²) in [5.41, 5.74) is 0.153. The normalized spacial score (nSPS) is 15.2. The van der Waals surface area contributed by atoms with Gasteiger partial charge in [-0.15, -0.1) is 0 Å². The van der Waals surface area contributed by atoms with Crippen molar-refractivity contribution in [2.24, 2.45) is 5.92 Å². The summed E-state index contributed by atoms with van der Waals surface area (Å²) in [5, 5.41) is 7.14. The highest BCUT2D eigenvalue weighted by atomic mass is 16.2. The monoisotopic (exact) mass is 338 g/mol. The lowest BCUT2D eigenvalue weighted by atomic mass is 10.1. The molecule has 0 radical (unpaired) electrons. The first-order valence-electron chi connectivity index (χ1n) is 8.34. The number of carbonyl (C=O) groups is 1. The Balaban J connectivity index is 1.67. The molecule has 0 spiro atoms. The molecule has 3 aromatic rings. The number of hydrogen-bond acceptors (Lipinski definition) is 5. The van der Waals surface area contributed by atoms with Crippen molar-refractivity contribution >= 4 is 11.6 Å². The third-order valence-electron chi connectivity index (χ3n) is 4.46. The number of rotatable bonds is 5. The van der Waals surface area contributed by atoms with Gasteiger partial charge in [0.1, 0.15) is 23.4 Å². The molecule has 3 heterocycles. The summed E-state index contributed by atoms with van der Waals surface area (Å²) < 4.78 is 3.14. The molecule has 1 atom stereocenters. The quantitative estimate of drug-likeness (QED) is 0.754. The fraction of sp³-hybridized carbons (Fsp3) is 0.353. The zero-order valence-corrected chi connectivity index (χ0v) is 13.8. The molecule has 0 bridgehead atoms. The van der Waals surface area contributed by atoms with Gasteiger partial charge in [0, 0.05) is 18.9 Å². The summed E-state index contributed by atoms with van der Waals surface area (Å²) in [6.45, 7) is 2.65. The Kier molecular flexibility index (Phi) is 3.79. The molecule has 0 saturated heterocycles. The second-order valence-electron chi connectivity index (χ2n) is 6.13. The van der Waals surface area contributed by atoms with Crippen molar-refractivity contribution in [3.05, 3.63) is 58.7 Å². The summed E-state index contributed by atoms with van der Waals surface area (Å²) in [7, 11) is 0. The predicted molar refractivity (Wildman–Crippen MR) is 90.1 cm³/mol. The van der Waals surface area contributed by atoms with E-state index in [1.54, 1.807) is 29.1 Å². The SMILES string of the molecule is CCn1ncnc1[C@H](NC(=O)c1cnc2ccccn2c1=O)C1CC1. The highest BCUT2D eigenvalue weighted by Crippen LogP contribution is 2.40. The van der Waals surface area contributed by atoms with Crippen LogP contribution in [0, 0.1) is 5.92 Å². The van der Waals surface area contributed by atoms with Crippen LogP contribution in [0.2, 0.25) is 0 Å². The molecule has 1 N–H and O–H groups in total. The Bertz CT molecular complexity index is 988. The standard InChI is InChI=1S/C17H18N6O2/c1-2-23-15(19-10-20-23)14(11-6-7-11)21-16(24)12-9-18-13-5-3-4-8-22(13)17(12)25/h3-5,8-11,14H,2,6-7H2,1H3,(H,21,24)/t14-/m1/s1. The number of fused-ring (bicyclic) bond motifs is 1. The maximum Gasteiger partial charge on any atom is 0.270 e. The third kappa shape index (κ3) is 2.79. The molecule has 4 rings (SSSR count). The van der Waals surface area contributed by atoms with Gasteiger partial charge in [-0.2, -0.15) is 5.10 Å². The van der Waals surface area contributed by atoms with Crippen LogP contribution in [-0.4, -0.2) is 30.1 Å². The van der Waals surface area contributed by atoms with Gasteiger partial charge in [-0.3, -0.25) is 14.0 Å². The van der Waals surface area contributed by atoms with Crippen LogP contribution in [0.25, 0.3) is 5.65 Å². The number of aryl methyl sites for hydroxylation is 1. The Hall–Kier alpha value is -3.03. The van der Waals surface area contributed by atoms with E-state index >= 15 is 0 Å². The zero-order chi connectivity index (χ0) is 17.4. The van der Waals surface area contributed by atoms with Crippen LogP contribution in [0.4, 0.5) is 0 Å². The van der Waals surface area contributed by atoms with Crippen molar-refractivity contribution in [1.29, 1.82) is 0 Å². The van der Waals surface area contributed by atoms with Gasteiger partial charge in [0.25, 0.3) is 11.5 Å². The van der Waals surface area contributed by atoms with Gasteiger partial charge in [0.15, 0.2) is 0 Å². The second-order valence-corrected chi connectivity index (χ2v) is 6.13. The Labute approximate surface area is 143 Å². The van der Waals surface area contributed by atoms with Gasteiger partial charge < -0.3 is 5.32 Å². The number of carbonyl (C=O) groups excluding carboxylic acids is 1. The minimum absolute atomic E-state index is 0.0249. The molecule has 1 aliphatic rings. The van der Waals surface area contributed by atoms with Crippen LogP contribution >= 0.6 is 0 Å². The maximum absolute atomic E-state index is 12.7. The van der Waals surface area contributed by atoms with E-state index < -0.39 is 5.91 Å². The second kappa shape index (κ2) is 6.12. The molecule has 8 nitrogen and oxygen atoms in total. The van der Waals surface area contributed by atoms with Gasteiger partial charge in [-0.25, -0.2) is 14.6 Å². The van der Waals surface area contributed by atoms with Crippen molar-refractivity contribution in [2.45, 2.75) is 32.4 Å². The van der Waals surface area contributed by atoms with Crippen molar-refractivity contribution in [3.8, 4) is 0 Å². The van der Waals surface area contributed by atoms with Crippen LogP contribution in [0.1, 0.15) is 42.0 Å². The van der Waals surface area contributed by atoms with Crippen molar-refractivity contribution in [3.63, 3.8) is 0 Å². The van der Waals surface area contributed by atoms with Gasteiger partial charge in [0.05, 0.1) is 6.04 Å². The van der Waals surface area contributed by atoms with Gasteiger partial charge in [0.2, 0.25) is 0 Å². The fourth-order valence-corrected chi connectivity index (χ4v) is 2.98. The molecule has 0 unspecified atom stereocenters. The number of nitrogens with zero attached hydrogens (tertiary/aromatic N) is 5. The largest absolute Gasteiger partial charge is 0.342 e. The van der Waals surface area contributed by atoms with Gasteiger partial charge in [-0.1, -0.05) is 6.07 Å². The van der Waals surface area contributed by atoms with Crippen molar-refractivity contribution < 1.29 is 4.79 Å². The predicted octanol–water partition coefficient (Wildman–Crippen LogP) is 1.19. The summed E-state index contributed by atoms with van der Waals surface area (Å²) >= 11 is 0. The molecular formula is C17H18N6O2. The minimum atomic E-state index is -0.432. The molecule has 1 aliphatic carbocycles. The van der Waals surface area contributed by atoms with E-state index in [2.05, 4.69) is 20.4 Å². The maximum atomic E-state index is 12.7. The van der Waals surface area contributed by atoms with Crippen LogP contribution in [0.15, 0.2) is 41.7 Å². The fourth-order valence-electron chi connectivity index (χ4n) is 2.98. The molecule has 25 heavy (non-hydrogen) atoms. The molecule has 8 heteroatoms. The van der Waals surface area contributed by atoms with Crippen LogP contribution in [-0.2, 0) is 6.54 Å². The van der Waals surface area contributed by atoms with Gasteiger partial charge >= 0.3 is 0 Å². The number of amides is 1. The topological polar surface area (TPSA) is 94.2 Å². The highest BCUT2D eigenvalue weighted by molar-refractivity contribution is 5.94. The van der Waals surface area contributed by atoms with Crippen molar-refractivity contribution in [2.75, 3.05) is 0 Å². The van der Waals surface area contributed by atoms with Crippen molar-refractivity contribution in [1.82, 2.24) is 29.5 Å². The summed E-state index contributed by atoms with van der Waals surface area (Å²) in [4.78, 5) is 33.8. The summed E-state index contributed by atoms with van der Waals surface area (Å²) in [6.07, 6.45) is 6.48. The first-order valence-corrected chi connectivity index (χ1v) is 8.34. The lowest BCUT2D eigenvalue weighted by Gasteiger charge is -2.18. The first-order chi connectivity index (χ1) is 12.2. The van der Waals surface area contributed by atoms with E-state index in [4.69, 9.17) is 0 Å². The Morgan fingerprint density at radius 3 is 2.96 bits per heavy atom. The highest BCUT2D eigenvalue weighted by Gasteiger charge is 2.36. The number of hydrogen-bond donors (Lipinski definition) is 1. The molecule has 1 amide bonds. The number of aromatic nitrogens is 5. The molecule has 1 saturated carbocycles. The average molecular weight is 338 g/mol. The van der Waals surface area contributed by atoms with E-state index in [0.29, 0.717) is 18.1 Å². The lowest BCUT2D eigenvalue weighted by Crippen LogP contribution is -2.36. The summed E-state index contributed by atoms with van der Waals surface area (Å²) in [5.74, 6) is 0.625. The van der Waals surface area contributed by atoms with Crippen LogP contribution in [0.5, 0.6) is 0 Å². The van der Waals surface area contributed by atoms with Crippen LogP contribution < -0.4 is 10.9 Å². The van der Waals surface area contributed by atoms with Gasteiger partial charge in [-0.05, 0) is 37.8 Å². The molecule has 1 fully saturated rings. The van der Waals surface area contributed by atoms with Crippen LogP contribution in [0.3, 0.4) is 0 Å². The smallest absolute Gasteiger partial charge is 0.270 e.